The first kappa shape index (κ1) is 11.6. The minimum atomic E-state index is 0.318. The lowest BCUT2D eigenvalue weighted by Crippen LogP contribution is -2.06. The number of imidazole rings is 1. The summed E-state index contributed by atoms with van der Waals surface area (Å²) in [5.41, 5.74) is 2.53. The molecule has 4 nitrogen and oxygen atoms in total. The zero-order chi connectivity index (χ0) is 12.4. The number of hydrogen-bond donors (Lipinski definition) is 0. The summed E-state index contributed by atoms with van der Waals surface area (Å²) in [7, 11) is 1.66. The molecule has 0 fully saturated rings. The van der Waals surface area contributed by atoms with Crippen LogP contribution in [-0.2, 0) is 11.3 Å². The molecule has 0 atom stereocenters. The van der Waals surface area contributed by atoms with E-state index in [0.29, 0.717) is 18.2 Å². The molecule has 0 saturated carbocycles. The quantitative estimate of drug-likeness (QED) is 0.813. The van der Waals surface area contributed by atoms with E-state index < -0.39 is 0 Å². The molecule has 88 valence electrons. The molecule has 0 amide bonds. The van der Waals surface area contributed by atoms with Crippen LogP contribution in [0.1, 0.15) is 31.3 Å². The van der Waals surface area contributed by atoms with Crippen LogP contribution < -0.4 is 0 Å². The van der Waals surface area contributed by atoms with E-state index >= 15 is 0 Å². The van der Waals surface area contributed by atoms with E-state index in [-0.39, 0.29) is 0 Å². The Morgan fingerprint density at radius 3 is 2.82 bits per heavy atom. The minimum Gasteiger partial charge on any atom is -0.377 e. The van der Waals surface area contributed by atoms with Crippen LogP contribution in [0, 0.1) is 11.3 Å². The summed E-state index contributed by atoms with van der Waals surface area (Å²) in [5.74, 6) is 0.896. The maximum atomic E-state index is 8.88. The molecule has 1 heterocycles. The molecular weight excluding hydrogens is 214 g/mol. The molecule has 2 rings (SSSR count). The lowest BCUT2D eigenvalue weighted by molar-refractivity contribution is 0.173. The fourth-order valence-corrected chi connectivity index (χ4v) is 2.03. The van der Waals surface area contributed by atoms with Crippen molar-refractivity contribution >= 4 is 11.0 Å². The number of benzene rings is 1. The van der Waals surface area contributed by atoms with Gasteiger partial charge in [0.1, 0.15) is 12.4 Å². The van der Waals surface area contributed by atoms with E-state index in [4.69, 9.17) is 10.00 Å². The molecule has 1 aromatic heterocycles. The third kappa shape index (κ3) is 2.02. The Morgan fingerprint density at radius 1 is 1.47 bits per heavy atom. The van der Waals surface area contributed by atoms with Crippen LogP contribution in [0.5, 0.6) is 0 Å². The first-order valence-electron chi connectivity index (χ1n) is 5.57. The van der Waals surface area contributed by atoms with Crippen LogP contribution in [0.4, 0.5) is 0 Å². The number of rotatable bonds is 3. The second-order valence-corrected chi connectivity index (χ2v) is 4.24. The highest BCUT2D eigenvalue weighted by atomic mass is 16.5. The van der Waals surface area contributed by atoms with Gasteiger partial charge in [0.15, 0.2) is 0 Å². The Bertz CT molecular complexity index is 578. The minimum absolute atomic E-state index is 0.318. The van der Waals surface area contributed by atoms with Gasteiger partial charge in [-0.05, 0) is 32.0 Å². The second-order valence-electron chi connectivity index (χ2n) is 4.24. The monoisotopic (exact) mass is 229 g/mol. The molecule has 0 bridgehead atoms. The molecule has 0 unspecified atom stereocenters. The summed E-state index contributed by atoms with van der Waals surface area (Å²) in [6.45, 7) is 4.70. The van der Waals surface area contributed by atoms with Crippen LogP contribution in [0.2, 0.25) is 0 Å². The van der Waals surface area contributed by atoms with Gasteiger partial charge in [0.2, 0.25) is 0 Å². The Morgan fingerprint density at radius 2 is 2.24 bits per heavy atom. The van der Waals surface area contributed by atoms with Crippen molar-refractivity contribution in [2.75, 3.05) is 7.11 Å². The molecule has 0 aliphatic rings. The predicted octanol–water partition coefficient (Wildman–Crippen LogP) is 2.64. The van der Waals surface area contributed by atoms with Crippen molar-refractivity contribution in [1.29, 1.82) is 5.26 Å². The van der Waals surface area contributed by atoms with Crippen LogP contribution in [-0.4, -0.2) is 16.7 Å². The van der Waals surface area contributed by atoms with Gasteiger partial charge in [-0.3, -0.25) is 0 Å². The zero-order valence-electron chi connectivity index (χ0n) is 10.3. The number of aromatic nitrogens is 2. The topological polar surface area (TPSA) is 50.8 Å². The van der Waals surface area contributed by atoms with E-state index in [1.165, 1.54) is 0 Å². The van der Waals surface area contributed by atoms with E-state index in [1.54, 1.807) is 7.11 Å². The average Bonchev–Trinajstić information content (AvgIpc) is 2.66. The smallest absolute Gasteiger partial charge is 0.136 e. The summed E-state index contributed by atoms with van der Waals surface area (Å²) in [6, 6.07) is 8.02. The highest BCUT2D eigenvalue weighted by Gasteiger charge is 2.13. The van der Waals surface area contributed by atoms with Crippen LogP contribution in [0.3, 0.4) is 0 Å². The van der Waals surface area contributed by atoms with Gasteiger partial charge >= 0.3 is 0 Å². The molecule has 1 aromatic carbocycles. The normalized spacial score (nSPS) is 11.0. The molecule has 17 heavy (non-hydrogen) atoms. The highest BCUT2D eigenvalue weighted by Crippen LogP contribution is 2.22. The third-order valence-corrected chi connectivity index (χ3v) is 2.68. The first-order valence-corrected chi connectivity index (χ1v) is 5.57. The number of nitrogens with zero attached hydrogens (tertiary/aromatic N) is 3. The highest BCUT2D eigenvalue weighted by molar-refractivity contribution is 5.77. The molecule has 0 aliphatic carbocycles. The lowest BCUT2D eigenvalue weighted by atomic mass is 10.2. The maximum Gasteiger partial charge on any atom is 0.136 e. The third-order valence-electron chi connectivity index (χ3n) is 2.68. The Hall–Kier alpha value is -1.86. The summed E-state index contributed by atoms with van der Waals surface area (Å²) in [5, 5.41) is 8.88. The molecule has 2 aromatic rings. The standard InChI is InChI=1S/C13H15N3O/c1-9(2)16-12-5-4-10(7-14)6-11(12)15-13(16)8-17-3/h4-6,9H,8H2,1-3H3. The summed E-state index contributed by atoms with van der Waals surface area (Å²) in [6.07, 6.45) is 0. The van der Waals surface area contributed by atoms with E-state index in [0.717, 1.165) is 16.9 Å². The lowest BCUT2D eigenvalue weighted by Gasteiger charge is -2.12. The Kier molecular flexibility index (Phi) is 3.12. The van der Waals surface area contributed by atoms with Gasteiger partial charge in [-0.1, -0.05) is 0 Å². The molecule has 0 radical (unpaired) electrons. The first-order chi connectivity index (χ1) is 8.17. The second kappa shape index (κ2) is 4.56. The largest absolute Gasteiger partial charge is 0.377 e. The maximum absolute atomic E-state index is 8.88. The van der Waals surface area contributed by atoms with Crippen LogP contribution in [0.15, 0.2) is 18.2 Å². The number of fused-ring (bicyclic) bond motifs is 1. The molecular formula is C13H15N3O. The van der Waals surface area contributed by atoms with Gasteiger partial charge in [0, 0.05) is 13.2 Å². The van der Waals surface area contributed by atoms with Gasteiger partial charge in [0.05, 0.1) is 22.7 Å². The van der Waals surface area contributed by atoms with Crippen LogP contribution >= 0.6 is 0 Å². The van der Waals surface area contributed by atoms with Gasteiger partial charge in [-0.15, -0.1) is 0 Å². The van der Waals surface area contributed by atoms with Crippen molar-refractivity contribution in [1.82, 2.24) is 9.55 Å². The van der Waals surface area contributed by atoms with Crippen molar-refractivity contribution in [3.05, 3.63) is 29.6 Å². The Balaban J connectivity index is 2.66. The van der Waals surface area contributed by atoms with E-state index in [9.17, 15) is 0 Å². The van der Waals surface area contributed by atoms with E-state index in [2.05, 4.69) is 29.5 Å². The number of hydrogen-bond acceptors (Lipinski definition) is 3. The summed E-state index contributed by atoms with van der Waals surface area (Å²) in [4.78, 5) is 4.52. The SMILES string of the molecule is COCc1nc2cc(C#N)ccc2n1C(C)C. The number of methoxy groups -OCH3 is 1. The average molecular weight is 229 g/mol. The van der Waals surface area contributed by atoms with Crippen molar-refractivity contribution in [2.45, 2.75) is 26.5 Å². The van der Waals surface area contributed by atoms with Crippen LogP contribution in [0.25, 0.3) is 11.0 Å². The summed E-state index contributed by atoms with van der Waals surface area (Å²) >= 11 is 0. The fraction of sp³-hybridized carbons (Fsp3) is 0.385. The van der Waals surface area contributed by atoms with Crippen molar-refractivity contribution in [3.8, 4) is 6.07 Å². The molecule has 4 heteroatoms. The molecule has 0 N–H and O–H groups in total. The predicted molar refractivity (Wildman–Crippen MR) is 65.5 cm³/mol. The van der Waals surface area contributed by atoms with Gasteiger partial charge < -0.3 is 9.30 Å². The van der Waals surface area contributed by atoms with Gasteiger partial charge in [-0.2, -0.15) is 5.26 Å². The Labute approximate surface area is 100 Å². The number of ether oxygens (including phenoxy) is 1. The molecule has 0 aliphatic heterocycles. The van der Waals surface area contributed by atoms with Crippen molar-refractivity contribution in [3.63, 3.8) is 0 Å². The molecule has 0 saturated heterocycles. The van der Waals surface area contributed by atoms with Gasteiger partial charge in [-0.25, -0.2) is 4.98 Å². The molecule has 0 spiro atoms. The fourth-order valence-electron chi connectivity index (χ4n) is 2.03. The zero-order valence-corrected chi connectivity index (χ0v) is 10.3. The van der Waals surface area contributed by atoms with E-state index in [1.807, 2.05) is 18.2 Å². The van der Waals surface area contributed by atoms with Crippen molar-refractivity contribution in [2.24, 2.45) is 0 Å². The van der Waals surface area contributed by atoms with Gasteiger partial charge in [0.25, 0.3) is 0 Å². The summed E-state index contributed by atoms with van der Waals surface area (Å²) < 4.78 is 7.30. The number of nitriles is 1. The van der Waals surface area contributed by atoms with Crippen molar-refractivity contribution < 1.29 is 4.74 Å².